The van der Waals surface area contributed by atoms with E-state index in [0.717, 1.165) is 30.6 Å². The lowest BCUT2D eigenvalue weighted by Crippen LogP contribution is -2.48. The van der Waals surface area contributed by atoms with Crippen molar-refractivity contribution in [1.29, 1.82) is 0 Å². The van der Waals surface area contributed by atoms with Crippen LogP contribution in [0.5, 0.6) is 0 Å². The van der Waals surface area contributed by atoms with Crippen LogP contribution in [0, 0.1) is 0 Å². The summed E-state index contributed by atoms with van der Waals surface area (Å²) in [6.45, 7) is 3.58. The number of likely N-dealkylation sites (tertiary alicyclic amines) is 1. The SMILES string of the molecule is Cl.O=C1CCCN1Cc1ccc(C(=O)N2CCNCC2c2cccc(Cl)c2)cc1. The number of hydrogen-bond donors (Lipinski definition) is 1. The molecule has 5 nitrogen and oxygen atoms in total. The highest BCUT2D eigenvalue weighted by Crippen LogP contribution is 2.26. The number of rotatable bonds is 4. The zero-order valence-electron chi connectivity index (χ0n) is 16.1. The van der Waals surface area contributed by atoms with Gasteiger partial charge >= 0.3 is 0 Å². The van der Waals surface area contributed by atoms with Crippen LogP contribution in [0.1, 0.15) is 40.4 Å². The van der Waals surface area contributed by atoms with Gasteiger partial charge in [0, 0.05) is 49.7 Å². The van der Waals surface area contributed by atoms with Crippen LogP contribution in [0.15, 0.2) is 48.5 Å². The molecule has 2 aromatic carbocycles. The van der Waals surface area contributed by atoms with Crippen molar-refractivity contribution in [3.05, 3.63) is 70.2 Å². The molecule has 0 aromatic heterocycles. The van der Waals surface area contributed by atoms with Gasteiger partial charge in [-0.15, -0.1) is 12.4 Å². The number of nitrogens with zero attached hydrogens (tertiary/aromatic N) is 2. The first kappa shape index (κ1) is 21.6. The van der Waals surface area contributed by atoms with Gasteiger partial charge in [0.15, 0.2) is 0 Å². The zero-order valence-corrected chi connectivity index (χ0v) is 17.7. The number of halogens is 2. The van der Waals surface area contributed by atoms with E-state index in [4.69, 9.17) is 11.6 Å². The number of hydrogen-bond acceptors (Lipinski definition) is 3. The van der Waals surface area contributed by atoms with Gasteiger partial charge in [0.05, 0.1) is 6.04 Å². The highest BCUT2D eigenvalue weighted by molar-refractivity contribution is 6.30. The molecular formula is C22H25Cl2N3O2. The monoisotopic (exact) mass is 433 g/mol. The van der Waals surface area contributed by atoms with Crippen molar-refractivity contribution >= 4 is 35.8 Å². The van der Waals surface area contributed by atoms with E-state index < -0.39 is 0 Å². The summed E-state index contributed by atoms with van der Waals surface area (Å²) in [7, 11) is 0. The maximum atomic E-state index is 13.2. The zero-order chi connectivity index (χ0) is 19.5. The fourth-order valence-electron chi connectivity index (χ4n) is 3.97. The fourth-order valence-corrected chi connectivity index (χ4v) is 4.17. The first-order valence-electron chi connectivity index (χ1n) is 9.76. The Balaban J connectivity index is 0.00000240. The summed E-state index contributed by atoms with van der Waals surface area (Å²) in [5.41, 5.74) is 2.76. The lowest BCUT2D eigenvalue weighted by molar-refractivity contribution is -0.128. The molecule has 0 spiro atoms. The minimum Gasteiger partial charge on any atom is -0.338 e. The van der Waals surface area contributed by atoms with Crippen LogP contribution in [-0.2, 0) is 11.3 Å². The molecule has 2 aromatic rings. The molecule has 1 N–H and O–H groups in total. The Labute approximate surface area is 182 Å². The normalized spacial score (nSPS) is 19.2. The number of carbonyl (C=O) groups is 2. The number of carbonyl (C=O) groups excluding carboxylic acids is 2. The van der Waals surface area contributed by atoms with Gasteiger partial charge in [-0.25, -0.2) is 0 Å². The maximum absolute atomic E-state index is 13.2. The van der Waals surface area contributed by atoms with Gasteiger partial charge in [0.2, 0.25) is 5.91 Å². The second kappa shape index (κ2) is 9.61. The average molecular weight is 434 g/mol. The Bertz CT molecular complexity index is 873. The van der Waals surface area contributed by atoms with Crippen LogP contribution in [0.3, 0.4) is 0 Å². The first-order valence-corrected chi connectivity index (χ1v) is 10.1. The lowest BCUT2D eigenvalue weighted by atomic mass is 10.0. The van der Waals surface area contributed by atoms with Gasteiger partial charge in [-0.3, -0.25) is 9.59 Å². The van der Waals surface area contributed by atoms with Crippen LogP contribution in [0.4, 0.5) is 0 Å². The van der Waals surface area contributed by atoms with Crippen LogP contribution >= 0.6 is 24.0 Å². The standard InChI is InChI=1S/C22H24ClN3O2.ClH/c23-19-4-1-3-18(13-19)20-14-24-10-12-26(20)22(28)17-8-6-16(7-9-17)15-25-11-2-5-21(25)27;/h1,3-4,6-9,13,20,24H,2,5,10-12,14-15H2;1H. The van der Waals surface area contributed by atoms with Gasteiger partial charge < -0.3 is 15.1 Å². The van der Waals surface area contributed by atoms with Gasteiger partial charge in [-0.1, -0.05) is 35.9 Å². The quantitative estimate of drug-likeness (QED) is 0.799. The van der Waals surface area contributed by atoms with E-state index in [0.29, 0.717) is 36.6 Å². The van der Waals surface area contributed by atoms with Crippen molar-refractivity contribution in [2.24, 2.45) is 0 Å². The number of nitrogens with one attached hydrogen (secondary N) is 1. The van der Waals surface area contributed by atoms with E-state index in [2.05, 4.69) is 5.32 Å². The highest BCUT2D eigenvalue weighted by atomic mass is 35.5. The molecule has 2 fully saturated rings. The molecule has 1 unspecified atom stereocenters. The van der Waals surface area contributed by atoms with Crippen LogP contribution in [-0.4, -0.2) is 47.8 Å². The van der Waals surface area contributed by atoms with Crippen LogP contribution in [0.25, 0.3) is 0 Å². The molecule has 2 saturated heterocycles. The molecule has 7 heteroatoms. The molecular weight excluding hydrogens is 409 g/mol. The molecule has 0 saturated carbocycles. The molecule has 1 atom stereocenters. The average Bonchev–Trinajstić information content (AvgIpc) is 3.12. The molecule has 2 aliphatic heterocycles. The number of piperazine rings is 1. The number of benzene rings is 2. The van der Waals surface area contributed by atoms with E-state index in [1.807, 2.05) is 58.3 Å². The molecule has 2 amide bonds. The van der Waals surface area contributed by atoms with E-state index >= 15 is 0 Å². The Hall–Kier alpha value is -2.08. The smallest absolute Gasteiger partial charge is 0.254 e. The largest absolute Gasteiger partial charge is 0.338 e. The third-order valence-corrected chi connectivity index (χ3v) is 5.72. The van der Waals surface area contributed by atoms with Gasteiger partial charge in [0.25, 0.3) is 5.91 Å². The van der Waals surface area contributed by atoms with Crippen molar-refractivity contribution < 1.29 is 9.59 Å². The van der Waals surface area contributed by atoms with Crippen LogP contribution < -0.4 is 5.32 Å². The molecule has 0 aliphatic carbocycles. The van der Waals surface area contributed by atoms with Crippen molar-refractivity contribution in [1.82, 2.24) is 15.1 Å². The molecule has 2 aliphatic rings. The molecule has 0 radical (unpaired) electrons. The van der Waals surface area contributed by atoms with E-state index in [1.165, 1.54) is 0 Å². The summed E-state index contributed by atoms with van der Waals surface area (Å²) >= 11 is 6.15. The van der Waals surface area contributed by atoms with Crippen LogP contribution in [0.2, 0.25) is 5.02 Å². The Kier molecular flexibility index (Phi) is 7.17. The fraction of sp³-hybridized carbons (Fsp3) is 0.364. The van der Waals surface area contributed by atoms with Gasteiger partial charge in [0.1, 0.15) is 0 Å². The lowest BCUT2D eigenvalue weighted by Gasteiger charge is -2.36. The summed E-state index contributed by atoms with van der Waals surface area (Å²) in [6, 6.07) is 15.3. The van der Waals surface area contributed by atoms with Crippen molar-refractivity contribution in [3.63, 3.8) is 0 Å². The summed E-state index contributed by atoms with van der Waals surface area (Å²) in [5.74, 6) is 0.237. The molecule has 4 rings (SSSR count). The third-order valence-electron chi connectivity index (χ3n) is 5.48. The Morgan fingerprint density at radius 3 is 2.62 bits per heavy atom. The highest BCUT2D eigenvalue weighted by Gasteiger charge is 2.29. The van der Waals surface area contributed by atoms with Crippen molar-refractivity contribution in [2.75, 3.05) is 26.2 Å². The number of amides is 2. The Morgan fingerprint density at radius 2 is 1.93 bits per heavy atom. The maximum Gasteiger partial charge on any atom is 0.254 e. The predicted octanol–water partition coefficient (Wildman–Crippen LogP) is 3.67. The van der Waals surface area contributed by atoms with Gasteiger partial charge in [-0.05, 0) is 41.8 Å². The third kappa shape index (κ3) is 4.92. The van der Waals surface area contributed by atoms with E-state index in [1.54, 1.807) is 0 Å². The molecule has 29 heavy (non-hydrogen) atoms. The minimum atomic E-state index is -0.0400. The Morgan fingerprint density at radius 1 is 1.14 bits per heavy atom. The van der Waals surface area contributed by atoms with E-state index in [9.17, 15) is 9.59 Å². The van der Waals surface area contributed by atoms with Gasteiger partial charge in [-0.2, -0.15) is 0 Å². The topological polar surface area (TPSA) is 52.7 Å². The first-order chi connectivity index (χ1) is 13.6. The van der Waals surface area contributed by atoms with Crippen molar-refractivity contribution in [2.45, 2.75) is 25.4 Å². The summed E-state index contributed by atoms with van der Waals surface area (Å²) in [4.78, 5) is 28.8. The predicted molar refractivity (Wildman–Crippen MR) is 116 cm³/mol. The molecule has 0 bridgehead atoms. The minimum absolute atomic E-state index is 0. The second-order valence-electron chi connectivity index (χ2n) is 7.39. The van der Waals surface area contributed by atoms with E-state index in [-0.39, 0.29) is 30.3 Å². The summed E-state index contributed by atoms with van der Waals surface area (Å²) in [6.07, 6.45) is 1.58. The molecule has 154 valence electrons. The van der Waals surface area contributed by atoms with Crippen molar-refractivity contribution in [3.8, 4) is 0 Å². The summed E-state index contributed by atoms with van der Waals surface area (Å²) < 4.78 is 0. The second-order valence-corrected chi connectivity index (χ2v) is 7.83. The summed E-state index contributed by atoms with van der Waals surface area (Å²) in [5, 5.41) is 4.05. The molecule has 2 heterocycles.